The zero-order chi connectivity index (χ0) is 31.0. The summed E-state index contributed by atoms with van der Waals surface area (Å²) in [6.45, 7) is 16.2. The minimum absolute atomic E-state index is 0. The number of aromatic nitrogens is 5. The van der Waals surface area contributed by atoms with Crippen LogP contribution in [0.1, 0.15) is 38.1 Å². The van der Waals surface area contributed by atoms with E-state index in [2.05, 4.69) is 90.3 Å². The Kier molecular flexibility index (Phi) is 9.49. The number of furan rings is 1. The largest absolute Gasteiger partial charge is 0.486 e. The first-order chi connectivity index (χ1) is 21.2. The zero-order valence-electron chi connectivity index (χ0n) is 26.8. The molecule has 231 valence electrons. The van der Waals surface area contributed by atoms with Crippen LogP contribution >= 0.6 is 0 Å². The van der Waals surface area contributed by atoms with Crippen molar-refractivity contribution in [1.82, 2.24) is 24.5 Å². The van der Waals surface area contributed by atoms with E-state index in [1.807, 2.05) is 67.8 Å². The molecule has 45 heavy (non-hydrogen) atoms. The molecule has 8 heteroatoms. The molecule has 0 amide bonds. The molecule has 2 aromatic carbocycles. The van der Waals surface area contributed by atoms with Crippen LogP contribution in [0.25, 0.3) is 55.7 Å². The number of rotatable bonds is 5. The summed E-state index contributed by atoms with van der Waals surface area (Å²) in [5, 5.41) is 3.44. The van der Waals surface area contributed by atoms with Crippen molar-refractivity contribution in [3.63, 3.8) is 0 Å². The second kappa shape index (κ2) is 13.2. The molecule has 0 aliphatic rings. The van der Waals surface area contributed by atoms with Crippen molar-refractivity contribution < 1.29 is 24.5 Å². The molecule has 5 heterocycles. The Bertz CT molecular complexity index is 2080. The van der Waals surface area contributed by atoms with Gasteiger partial charge in [0.25, 0.3) is 0 Å². The van der Waals surface area contributed by atoms with Gasteiger partial charge in [-0.25, -0.2) is 4.98 Å². The van der Waals surface area contributed by atoms with Crippen LogP contribution < -0.4 is 5.19 Å². The summed E-state index contributed by atoms with van der Waals surface area (Å²) in [5.41, 5.74) is 8.39. The van der Waals surface area contributed by atoms with E-state index < -0.39 is 8.07 Å². The smallest absolute Gasteiger partial charge is 0.216 e. The fraction of sp³-hybridized carbons (Fsp3) is 0.243. The van der Waals surface area contributed by atoms with Gasteiger partial charge in [-0.2, -0.15) is 0 Å². The Balaban J connectivity index is 0.000000202. The average Bonchev–Trinajstić information content (AvgIpc) is 3.59. The summed E-state index contributed by atoms with van der Waals surface area (Å²) in [7, 11) is -1.23. The van der Waals surface area contributed by atoms with Crippen LogP contribution in [0.2, 0.25) is 19.6 Å². The standard InChI is InChI=1S/C23H21N4O.C14H16NSi.Ir/c1-5-27-20-18(11-12-24-19(20)13(2)3)26-22(27)17-8-6-7-15-16-10-9-14(4)25-23(16)28-21(15)17;1-16(2,3)13-9-10-14(15-11-13)12-7-5-4-6-8-12;/h6-7,9-13H,5H2,1-4H3;4-7,9-11H,1-3H3;/q2*-1;. The Morgan fingerprint density at radius 1 is 0.889 bits per heavy atom. The SMILES string of the molecule is CCn1c(-c2[c-]ccc3c2oc2nc(C)ccc23)nc2ccnc(C(C)C)c21.C[Si](C)(C)c1ccc(-c2[c-]cccc2)nc1.[Ir]. The molecule has 6 nitrogen and oxygen atoms in total. The van der Waals surface area contributed by atoms with Crippen LogP contribution in [0.15, 0.2) is 83.5 Å². The summed E-state index contributed by atoms with van der Waals surface area (Å²) in [4.78, 5) is 18.6. The molecule has 7 rings (SSSR count). The molecule has 7 aromatic rings. The van der Waals surface area contributed by atoms with Gasteiger partial charge >= 0.3 is 0 Å². The second-order valence-electron chi connectivity index (χ2n) is 12.4. The van der Waals surface area contributed by atoms with Crippen molar-refractivity contribution in [1.29, 1.82) is 0 Å². The molecule has 0 saturated heterocycles. The van der Waals surface area contributed by atoms with E-state index in [0.717, 1.165) is 68.0 Å². The van der Waals surface area contributed by atoms with E-state index in [9.17, 15) is 0 Å². The molecule has 0 N–H and O–H groups in total. The van der Waals surface area contributed by atoms with E-state index in [4.69, 9.17) is 9.40 Å². The summed E-state index contributed by atoms with van der Waals surface area (Å²) < 4.78 is 8.40. The number of hydrogen-bond donors (Lipinski definition) is 0. The average molecular weight is 788 g/mol. The van der Waals surface area contributed by atoms with Crippen molar-refractivity contribution >= 4 is 46.4 Å². The van der Waals surface area contributed by atoms with Crippen LogP contribution in [-0.2, 0) is 26.7 Å². The molecule has 0 fully saturated rings. The number of hydrogen-bond acceptors (Lipinski definition) is 5. The Morgan fingerprint density at radius 2 is 1.71 bits per heavy atom. The van der Waals surface area contributed by atoms with Crippen molar-refractivity contribution in [2.75, 3.05) is 0 Å². The Hall–Kier alpha value is -3.97. The van der Waals surface area contributed by atoms with E-state index in [0.29, 0.717) is 11.6 Å². The topological polar surface area (TPSA) is 69.6 Å². The molecule has 0 atom stereocenters. The van der Waals surface area contributed by atoms with Crippen LogP contribution in [0.4, 0.5) is 0 Å². The number of fused-ring (bicyclic) bond motifs is 4. The molecule has 5 aromatic heterocycles. The molecule has 0 saturated carbocycles. The van der Waals surface area contributed by atoms with Crippen molar-refractivity contribution in [3.8, 4) is 22.6 Å². The molecule has 0 aliphatic heterocycles. The minimum Gasteiger partial charge on any atom is -0.486 e. The van der Waals surface area contributed by atoms with Gasteiger partial charge in [-0.15, -0.1) is 54.1 Å². The van der Waals surface area contributed by atoms with Gasteiger partial charge in [0.1, 0.15) is 0 Å². The van der Waals surface area contributed by atoms with Crippen LogP contribution in [0, 0.1) is 19.1 Å². The number of nitrogens with zero attached hydrogens (tertiary/aromatic N) is 5. The Morgan fingerprint density at radius 3 is 2.38 bits per heavy atom. The molecule has 0 spiro atoms. The van der Waals surface area contributed by atoms with Gasteiger partial charge < -0.3 is 14.0 Å². The Labute approximate surface area is 279 Å². The first-order valence-corrected chi connectivity index (χ1v) is 18.7. The number of benzene rings is 2. The van der Waals surface area contributed by atoms with Crippen LogP contribution in [0.3, 0.4) is 0 Å². The van der Waals surface area contributed by atoms with Gasteiger partial charge in [-0.05, 0) is 48.8 Å². The van der Waals surface area contributed by atoms with Crippen molar-refractivity contribution in [2.24, 2.45) is 0 Å². The van der Waals surface area contributed by atoms with Crippen molar-refractivity contribution in [2.45, 2.75) is 59.8 Å². The zero-order valence-corrected chi connectivity index (χ0v) is 30.2. The molecule has 0 aliphatic carbocycles. The fourth-order valence-electron chi connectivity index (χ4n) is 5.46. The maximum atomic E-state index is 6.18. The number of imidazole rings is 1. The normalized spacial score (nSPS) is 11.6. The molecular formula is C37H37IrN5OSi-2. The third-order valence-corrected chi connectivity index (χ3v) is 9.85. The summed E-state index contributed by atoms with van der Waals surface area (Å²) in [6.07, 6.45) is 3.86. The predicted molar refractivity (Wildman–Crippen MR) is 183 cm³/mol. The number of pyridine rings is 3. The van der Waals surface area contributed by atoms with Gasteiger partial charge in [-0.1, -0.05) is 56.6 Å². The molecule has 1 radical (unpaired) electrons. The van der Waals surface area contributed by atoms with E-state index in [-0.39, 0.29) is 20.1 Å². The van der Waals surface area contributed by atoms with Gasteiger partial charge in [0.15, 0.2) is 0 Å². The van der Waals surface area contributed by atoms with Crippen LogP contribution in [-0.4, -0.2) is 32.6 Å². The summed E-state index contributed by atoms with van der Waals surface area (Å²) in [6, 6.07) is 28.8. The second-order valence-corrected chi connectivity index (χ2v) is 17.4. The van der Waals surface area contributed by atoms with E-state index in [1.165, 1.54) is 5.19 Å². The summed E-state index contributed by atoms with van der Waals surface area (Å²) in [5.74, 6) is 1.17. The maximum absolute atomic E-state index is 6.18. The third kappa shape index (κ3) is 6.41. The monoisotopic (exact) mass is 788 g/mol. The van der Waals surface area contributed by atoms with E-state index >= 15 is 0 Å². The summed E-state index contributed by atoms with van der Waals surface area (Å²) >= 11 is 0. The third-order valence-electron chi connectivity index (χ3n) is 7.82. The first-order valence-electron chi connectivity index (χ1n) is 15.2. The quantitative estimate of drug-likeness (QED) is 0.129. The first kappa shape index (κ1) is 32.4. The van der Waals surface area contributed by atoms with Gasteiger partial charge in [0, 0.05) is 50.1 Å². The fourth-order valence-corrected chi connectivity index (χ4v) is 6.49. The van der Waals surface area contributed by atoms with Gasteiger partial charge in [-0.3, -0.25) is 9.97 Å². The predicted octanol–water partition coefficient (Wildman–Crippen LogP) is 8.74. The molecule has 0 bridgehead atoms. The van der Waals surface area contributed by atoms with Gasteiger partial charge in [0.05, 0.1) is 36.2 Å². The number of aryl methyl sites for hydroxylation is 2. The van der Waals surface area contributed by atoms with Crippen molar-refractivity contribution in [3.05, 3.63) is 103 Å². The van der Waals surface area contributed by atoms with E-state index in [1.54, 1.807) is 0 Å². The van der Waals surface area contributed by atoms with Gasteiger partial charge in [0.2, 0.25) is 5.71 Å². The molecule has 0 unspecified atom stereocenters. The minimum atomic E-state index is -1.23. The maximum Gasteiger partial charge on any atom is 0.216 e. The van der Waals surface area contributed by atoms with Crippen LogP contribution in [0.5, 0.6) is 0 Å². The molecular weight excluding hydrogens is 751 g/mol.